The van der Waals surface area contributed by atoms with Gasteiger partial charge in [-0.1, -0.05) is 91.0 Å². The highest BCUT2D eigenvalue weighted by Gasteiger charge is 2.24. The lowest BCUT2D eigenvalue weighted by Gasteiger charge is -2.24. The van der Waals surface area contributed by atoms with E-state index in [1.54, 1.807) is 0 Å². The predicted octanol–water partition coefficient (Wildman–Crippen LogP) is 10.9. The summed E-state index contributed by atoms with van der Waals surface area (Å²) in [5.41, 5.74) is 9.14. The van der Waals surface area contributed by atoms with E-state index in [0.29, 0.717) is 29.0 Å². The summed E-state index contributed by atoms with van der Waals surface area (Å²) >= 11 is 0. The Kier molecular flexibility index (Phi) is 6.44. The van der Waals surface area contributed by atoms with Crippen molar-refractivity contribution < 1.29 is 13.3 Å². The van der Waals surface area contributed by atoms with Crippen molar-refractivity contribution in [3.05, 3.63) is 168 Å². The average molecular weight is 686 g/mol. The van der Waals surface area contributed by atoms with Crippen LogP contribution in [-0.2, 0) is 0 Å². The van der Waals surface area contributed by atoms with Gasteiger partial charge in [0.15, 0.2) is 17.0 Å². The summed E-state index contributed by atoms with van der Waals surface area (Å²) in [5, 5.41) is 7.60. The van der Waals surface area contributed by atoms with Crippen LogP contribution in [0.4, 0.5) is 0 Å². The first kappa shape index (κ1) is 29.4. The Morgan fingerprint density at radius 2 is 1.21 bits per heavy atom. The van der Waals surface area contributed by atoms with Gasteiger partial charge in [0.1, 0.15) is 34.2 Å². The number of benzene rings is 7. The van der Waals surface area contributed by atoms with E-state index in [-0.39, 0.29) is 0 Å². The van der Waals surface area contributed by atoms with Crippen LogP contribution in [-0.4, -0.2) is 21.6 Å². The molecule has 0 amide bonds. The van der Waals surface area contributed by atoms with E-state index in [0.717, 1.165) is 77.1 Å². The zero-order valence-electron chi connectivity index (χ0n) is 28.0. The third kappa shape index (κ3) is 4.92. The molecule has 1 unspecified atom stereocenters. The molecule has 1 atom stereocenters. The van der Waals surface area contributed by atoms with Crippen molar-refractivity contribution in [1.29, 1.82) is 0 Å². The van der Waals surface area contributed by atoms with Crippen LogP contribution in [0.1, 0.15) is 22.9 Å². The highest BCUT2D eigenvalue weighted by atomic mass is 16.4. The molecule has 8 heteroatoms. The molecule has 7 aromatic carbocycles. The zero-order valence-corrected chi connectivity index (χ0v) is 28.0. The molecular formula is C45H27N5O3. The van der Waals surface area contributed by atoms with Crippen LogP contribution >= 0.6 is 0 Å². The minimum Gasteiger partial charge on any atom is -0.456 e. The molecular weight excluding hydrogens is 659 g/mol. The Morgan fingerprint density at radius 3 is 2.08 bits per heavy atom. The van der Waals surface area contributed by atoms with Gasteiger partial charge >= 0.3 is 0 Å². The quantitative estimate of drug-likeness (QED) is 0.193. The van der Waals surface area contributed by atoms with E-state index in [1.165, 1.54) is 0 Å². The second kappa shape index (κ2) is 11.6. The van der Waals surface area contributed by atoms with Gasteiger partial charge < -0.3 is 18.6 Å². The number of hydrogen-bond acceptors (Lipinski definition) is 8. The summed E-state index contributed by atoms with van der Waals surface area (Å²) in [4.78, 5) is 19.8. The first-order chi connectivity index (χ1) is 26.2. The Morgan fingerprint density at radius 1 is 0.491 bits per heavy atom. The molecule has 0 fully saturated rings. The Balaban J connectivity index is 1.05. The number of amidine groups is 2. The summed E-state index contributed by atoms with van der Waals surface area (Å²) in [7, 11) is 0. The van der Waals surface area contributed by atoms with E-state index in [1.807, 2.05) is 115 Å². The summed E-state index contributed by atoms with van der Waals surface area (Å²) in [6.45, 7) is 0. The van der Waals surface area contributed by atoms with Gasteiger partial charge in [0.2, 0.25) is 11.8 Å². The monoisotopic (exact) mass is 685 g/mol. The second-order valence-electron chi connectivity index (χ2n) is 13.1. The van der Waals surface area contributed by atoms with Gasteiger partial charge in [0.25, 0.3) is 0 Å². The SMILES string of the molecule is c1ccc(C2=NC(c3cccc(-c4nc5ccccc5o4)c3)NC(c3ccc4ccc5oc6ccc7nc(-c8ccccc8)oc7c6c5c4c3)=N2)cc1. The number of fused-ring (bicyclic) bond motifs is 8. The first-order valence-electron chi connectivity index (χ1n) is 17.4. The smallest absolute Gasteiger partial charge is 0.227 e. The molecule has 0 saturated carbocycles. The third-order valence-corrected chi connectivity index (χ3v) is 9.78. The summed E-state index contributed by atoms with van der Waals surface area (Å²) in [5.74, 6) is 2.48. The highest BCUT2D eigenvalue weighted by Crippen LogP contribution is 2.40. The Bertz CT molecular complexity index is 3070. The number of rotatable bonds is 5. The minimum absolute atomic E-state index is 0.423. The third-order valence-electron chi connectivity index (χ3n) is 9.78. The van der Waals surface area contributed by atoms with Crippen molar-refractivity contribution in [1.82, 2.24) is 15.3 Å². The average Bonchev–Trinajstić information content (AvgIpc) is 3.97. The van der Waals surface area contributed by atoms with Crippen molar-refractivity contribution in [2.75, 3.05) is 0 Å². The number of hydrogen-bond donors (Lipinski definition) is 1. The molecule has 0 radical (unpaired) electrons. The first-order valence-corrected chi connectivity index (χ1v) is 17.4. The standard InChI is InChI=1S/C45H27N5O3/c1-3-10-27(11-4-1)41-48-42(29-14-9-15-31(24-29)45-46-33-16-7-8-17-35(33)52-45)50-43(49-41)30-19-18-26-20-22-36-38(32(26)25-30)39-37(51-36)23-21-34-40(39)53-44(47-34)28-12-5-2-6-13-28/h1-25,42H,(H,48,49,50). The molecule has 0 saturated heterocycles. The van der Waals surface area contributed by atoms with Crippen LogP contribution in [0, 0.1) is 0 Å². The van der Waals surface area contributed by atoms with Gasteiger partial charge in [-0.15, -0.1) is 0 Å². The lowest BCUT2D eigenvalue weighted by atomic mass is 10.00. The van der Waals surface area contributed by atoms with Gasteiger partial charge in [0.05, 0.1) is 5.39 Å². The fourth-order valence-electron chi connectivity index (χ4n) is 7.23. The van der Waals surface area contributed by atoms with Crippen molar-refractivity contribution >= 4 is 66.6 Å². The molecule has 1 N–H and O–H groups in total. The van der Waals surface area contributed by atoms with Crippen molar-refractivity contribution in [2.24, 2.45) is 9.98 Å². The topological polar surface area (TPSA) is 102 Å². The number of aromatic nitrogens is 2. The van der Waals surface area contributed by atoms with Crippen LogP contribution in [0.5, 0.6) is 0 Å². The number of nitrogens with one attached hydrogen (secondary N) is 1. The largest absolute Gasteiger partial charge is 0.456 e. The minimum atomic E-state index is -0.423. The molecule has 250 valence electrons. The number of para-hydroxylation sites is 2. The number of furan rings is 1. The fourth-order valence-corrected chi connectivity index (χ4v) is 7.23. The normalized spacial score (nSPS) is 14.6. The number of nitrogens with zero attached hydrogens (tertiary/aromatic N) is 4. The number of aliphatic imine (C=N–C) groups is 2. The van der Waals surface area contributed by atoms with Gasteiger partial charge in [-0.3, -0.25) is 0 Å². The van der Waals surface area contributed by atoms with Crippen molar-refractivity contribution in [2.45, 2.75) is 6.17 Å². The van der Waals surface area contributed by atoms with Gasteiger partial charge in [-0.2, -0.15) is 0 Å². The molecule has 0 spiro atoms. The van der Waals surface area contributed by atoms with Gasteiger partial charge in [-0.05, 0) is 77.0 Å². The summed E-state index contributed by atoms with van der Waals surface area (Å²) < 4.78 is 19.0. The van der Waals surface area contributed by atoms with Crippen molar-refractivity contribution in [3.63, 3.8) is 0 Å². The molecule has 3 aromatic heterocycles. The maximum Gasteiger partial charge on any atom is 0.227 e. The molecule has 0 aliphatic carbocycles. The van der Waals surface area contributed by atoms with E-state index in [4.69, 9.17) is 33.2 Å². The fraction of sp³-hybridized carbons (Fsp3) is 0.0222. The van der Waals surface area contributed by atoms with Crippen LogP contribution in [0.2, 0.25) is 0 Å². The maximum absolute atomic E-state index is 6.48. The lowest BCUT2D eigenvalue weighted by molar-refractivity contribution is 0.619. The zero-order chi connectivity index (χ0) is 34.9. The molecule has 0 bridgehead atoms. The van der Waals surface area contributed by atoms with E-state index < -0.39 is 6.17 Å². The van der Waals surface area contributed by atoms with Crippen LogP contribution in [0.15, 0.2) is 175 Å². The molecule has 4 heterocycles. The van der Waals surface area contributed by atoms with Gasteiger partial charge in [-0.25, -0.2) is 20.0 Å². The highest BCUT2D eigenvalue weighted by molar-refractivity contribution is 6.26. The lowest BCUT2D eigenvalue weighted by Crippen LogP contribution is -2.33. The summed E-state index contributed by atoms with van der Waals surface area (Å²) in [6.07, 6.45) is -0.423. The van der Waals surface area contributed by atoms with E-state index in [2.05, 4.69) is 41.7 Å². The van der Waals surface area contributed by atoms with Crippen LogP contribution in [0.25, 0.3) is 77.8 Å². The summed E-state index contributed by atoms with van der Waals surface area (Å²) in [6, 6.07) is 50.4. The second-order valence-corrected chi connectivity index (χ2v) is 13.1. The molecule has 11 rings (SSSR count). The molecule has 1 aliphatic rings. The van der Waals surface area contributed by atoms with Crippen molar-refractivity contribution in [3.8, 4) is 22.9 Å². The molecule has 10 aromatic rings. The van der Waals surface area contributed by atoms with Crippen LogP contribution < -0.4 is 5.32 Å². The van der Waals surface area contributed by atoms with E-state index >= 15 is 0 Å². The van der Waals surface area contributed by atoms with Gasteiger partial charge in [0, 0.05) is 27.6 Å². The maximum atomic E-state index is 6.48. The van der Waals surface area contributed by atoms with E-state index in [9.17, 15) is 0 Å². The molecule has 1 aliphatic heterocycles. The number of oxazole rings is 2. The van der Waals surface area contributed by atoms with Crippen LogP contribution in [0.3, 0.4) is 0 Å². The predicted molar refractivity (Wildman–Crippen MR) is 209 cm³/mol. The molecule has 8 nitrogen and oxygen atoms in total. The molecule has 53 heavy (non-hydrogen) atoms. The Labute approximate surface area is 301 Å². The Hall–Kier alpha value is -7.32.